The molecule has 1 amide bonds. The van der Waals surface area contributed by atoms with Crippen molar-refractivity contribution in [2.75, 3.05) is 0 Å². The Morgan fingerprint density at radius 1 is 1.10 bits per heavy atom. The maximum atomic E-state index is 13.0. The van der Waals surface area contributed by atoms with Gasteiger partial charge in [0.05, 0.1) is 5.57 Å². The highest BCUT2D eigenvalue weighted by Gasteiger charge is 2.46. The Labute approximate surface area is 180 Å². The number of carbonyl (C=O) groups is 1. The van der Waals surface area contributed by atoms with Crippen LogP contribution in [0.15, 0.2) is 39.9 Å². The van der Waals surface area contributed by atoms with Crippen LogP contribution in [0.25, 0.3) is 11.8 Å². The summed E-state index contributed by atoms with van der Waals surface area (Å²) in [5.41, 5.74) is 5.58. The minimum absolute atomic E-state index is 0.114. The number of alkyl halides is 3. The lowest BCUT2D eigenvalue weighted by Crippen LogP contribution is -2.35. The smallest absolute Gasteiger partial charge is 0.318 e. The molecular weight excluding hydrogens is 427 g/mol. The maximum Gasteiger partial charge on any atom is 0.441 e. The first kappa shape index (κ1) is 21.1. The maximum absolute atomic E-state index is 13.0. The summed E-state index contributed by atoms with van der Waals surface area (Å²) in [4.78, 5) is 16.2. The number of nitrogens with zero attached hydrogens (tertiary/aromatic N) is 4. The predicted molar refractivity (Wildman–Crippen MR) is 116 cm³/mol. The van der Waals surface area contributed by atoms with Gasteiger partial charge in [-0.15, -0.1) is 0 Å². The Kier molecular flexibility index (Phi) is 4.92. The third-order valence-electron chi connectivity index (χ3n) is 5.22. The van der Waals surface area contributed by atoms with Crippen LogP contribution in [0.2, 0.25) is 0 Å². The average molecular weight is 445 g/mol. The highest BCUT2D eigenvalue weighted by molar-refractivity contribution is 8.27. The number of aliphatic imine (C=N–C) groups is 1. The Morgan fingerprint density at radius 3 is 2.45 bits per heavy atom. The lowest BCUT2D eigenvalue weighted by Gasteiger charge is -2.20. The number of thioether (sulfide) groups is 1. The van der Waals surface area contributed by atoms with Gasteiger partial charge in [0.1, 0.15) is 0 Å². The molecule has 4 rings (SSSR count). The molecule has 1 aromatic carbocycles. The number of hydrogen-bond acceptors (Lipinski definition) is 4. The van der Waals surface area contributed by atoms with Crippen molar-refractivity contribution < 1.29 is 18.0 Å². The van der Waals surface area contributed by atoms with Crippen LogP contribution in [0.4, 0.5) is 13.2 Å². The monoisotopic (exact) mass is 445 g/mol. The highest BCUT2D eigenvalue weighted by Crippen LogP contribution is 2.35. The van der Waals surface area contributed by atoms with E-state index < -0.39 is 23.0 Å². The number of aromatic nitrogens is 1. The normalized spacial score (nSPS) is 17.9. The lowest BCUT2D eigenvalue weighted by atomic mass is 10.1. The van der Waals surface area contributed by atoms with Crippen LogP contribution in [0.1, 0.15) is 28.1 Å². The summed E-state index contributed by atoms with van der Waals surface area (Å²) < 4.78 is 41.0. The van der Waals surface area contributed by atoms with Crippen molar-refractivity contribution in [3.05, 3.63) is 57.9 Å². The molecule has 1 N–H and O–H groups in total. The number of hydrogen-bond donors (Lipinski definition) is 1. The van der Waals surface area contributed by atoms with Gasteiger partial charge in [0.15, 0.2) is 5.84 Å². The number of amidine groups is 2. The fourth-order valence-electron chi connectivity index (χ4n) is 3.46. The first-order chi connectivity index (χ1) is 14.5. The van der Waals surface area contributed by atoms with Crippen molar-refractivity contribution in [1.29, 1.82) is 5.41 Å². The third kappa shape index (κ3) is 3.60. The van der Waals surface area contributed by atoms with Gasteiger partial charge in [-0.25, -0.2) is 0 Å². The molecule has 2 aromatic rings. The Hall–Kier alpha value is -3.14. The van der Waals surface area contributed by atoms with Crippen LogP contribution in [-0.4, -0.2) is 37.7 Å². The van der Waals surface area contributed by atoms with Crippen molar-refractivity contribution >= 4 is 39.8 Å². The molecule has 10 heteroatoms. The van der Waals surface area contributed by atoms with E-state index in [-0.39, 0.29) is 22.5 Å². The van der Waals surface area contributed by atoms with Crippen molar-refractivity contribution in [1.82, 2.24) is 9.58 Å². The van der Waals surface area contributed by atoms with Gasteiger partial charge in [0, 0.05) is 17.1 Å². The second-order valence-corrected chi connectivity index (χ2v) is 8.31. The molecule has 0 radical (unpaired) electrons. The minimum Gasteiger partial charge on any atom is -0.318 e. The van der Waals surface area contributed by atoms with Crippen LogP contribution >= 0.6 is 11.8 Å². The van der Waals surface area contributed by atoms with Crippen LogP contribution in [-0.2, 0) is 4.79 Å². The molecule has 0 atom stereocenters. The zero-order valence-electron chi connectivity index (χ0n) is 17.1. The first-order valence-corrected chi connectivity index (χ1v) is 10.1. The van der Waals surface area contributed by atoms with E-state index in [9.17, 15) is 18.0 Å². The van der Waals surface area contributed by atoms with Gasteiger partial charge in [-0.1, -0.05) is 6.07 Å². The summed E-state index contributed by atoms with van der Waals surface area (Å²) in [7, 11) is 0. The number of nitrogens with one attached hydrogen (secondary N) is 1. The van der Waals surface area contributed by atoms with Gasteiger partial charge in [0.2, 0.25) is 10.2 Å². The summed E-state index contributed by atoms with van der Waals surface area (Å²) >= 11 is 0.235. The molecule has 2 aliphatic rings. The summed E-state index contributed by atoms with van der Waals surface area (Å²) in [6.45, 7) is 7.86. The van der Waals surface area contributed by atoms with E-state index in [1.165, 1.54) is 11.6 Å². The molecule has 0 fully saturated rings. The highest BCUT2D eigenvalue weighted by atomic mass is 32.2. The molecular formula is C21H18F3N5OS. The Morgan fingerprint density at radius 2 is 1.81 bits per heavy atom. The largest absolute Gasteiger partial charge is 0.441 e. The zero-order valence-corrected chi connectivity index (χ0v) is 17.9. The van der Waals surface area contributed by atoms with E-state index in [0.717, 1.165) is 27.6 Å². The van der Waals surface area contributed by atoms with Crippen LogP contribution < -0.4 is 0 Å². The van der Waals surface area contributed by atoms with E-state index in [2.05, 4.69) is 16.2 Å². The molecule has 6 nitrogen and oxygen atoms in total. The number of hydrazone groups is 1. The lowest BCUT2D eigenvalue weighted by molar-refractivity contribution is -0.114. The number of aryl methyl sites for hydroxylation is 3. The quantitative estimate of drug-likeness (QED) is 0.669. The topological polar surface area (TPSA) is 73.8 Å². The zero-order chi connectivity index (χ0) is 22.7. The summed E-state index contributed by atoms with van der Waals surface area (Å²) in [6, 6.07) is 7.95. The van der Waals surface area contributed by atoms with E-state index in [1.807, 2.05) is 50.5 Å². The predicted octanol–water partition coefficient (Wildman–Crippen LogP) is 4.89. The van der Waals surface area contributed by atoms with Gasteiger partial charge in [-0.05, 0) is 80.4 Å². The van der Waals surface area contributed by atoms with Crippen LogP contribution in [0.3, 0.4) is 0 Å². The van der Waals surface area contributed by atoms with Crippen LogP contribution in [0, 0.1) is 33.1 Å². The van der Waals surface area contributed by atoms with Crippen molar-refractivity contribution in [2.24, 2.45) is 10.1 Å². The van der Waals surface area contributed by atoms with Gasteiger partial charge >= 0.3 is 6.18 Å². The molecule has 160 valence electrons. The van der Waals surface area contributed by atoms with Gasteiger partial charge < -0.3 is 4.57 Å². The molecule has 0 spiro atoms. The number of fused-ring (bicyclic) bond motifs is 1. The second-order valence-electron chi connectivity index (χ2n) is 7.35. The van der Waals surface area contributed by atoms with Crippen molar-refractivity contribution in [2.45, 2.75) is 33.9 Å². The number of halogens is 3. The molecule has 2 aliphatic heterocycles. The van der Waals surface area contributed by atoms with E-state index >= 15 is 0 Å². The SMILES string of the molecule is Cc1ccc(-n2c(C)cc(C=C3C(=N)N4N=C(C(F)(F)F)SC4=NC3=O)c2C)cc1C. The minimum atomic E-state index is -4.67. The average Bonchev–Trinajstić information content (AvgIpc) is 3.22. The molecule has 0 unspecified atom stereocenters. The molecule has 3 heterocycles. The second kappa shape index (κ2) is 7.23. The molecule has 0 saturated heterocycles. The third-order valence-corrected chi connectivity index (χ3v) is 6.17. The molecule has 0 aliphatic carbocycles. The summed E-state index contributed by atoms with van der Waals surface area (Å²) in [5.74, 6) is -1.20. The Balaban J connectivity index is 1.75. The van der Waals surface area contributed by atoms with Crippen LogP contribution in [0.5, 0.6) is 0 Å². The number of benzene rings is 1. The standard InChI is InChI=1S/C21H18F3N5OS/c1-10-5-6-15(7-11(10)2)28-12(3)8-14(13(28)4)9-16-17(25)29-20(26-18(16)30)31-19(27-29)21(22,23)24/h5-9,25H,1-4H3. The molecule has 0 bridgehead atoms. The fraction of sp³-hybridized carbons (Fsp3) is 0.238. The van der Waals surface area contributed by atoms with Gasteiger partial charge in [-0.3, -0.25) is 10.2 Å². The van der Waals surface area contributed by atoms with Crippen molar-refractivity contribution in [3.63, 3.8) is 0 Å². The first-order valence-electron chi connectivity index (χ1n) is 9.31. The summed E-state index contributed by atoms with van der Waals surface area (Å²) in [5, 5.41) is 11.0. The van der Waals surface area contributed by atoms with E-state index in [4.69, 9.17) is 5.41 Å². The molecule has 1 aromatic heterocycles. The van der Waals surface area contributed by atoms with Gasteiger partial charge in [0.25, 0.3) is 5.91 Å². The Bertz CT molecular complexity index is 1240. The fourth-order valence-corrected chi connectivity index (χ4v) is 4.22. The van der Waals surface area contributed by atoms with E-state index in [0.29, 0.717) is 5.56 Å². The molecule has 0 saturated carbocycles. The van der Waals surface area contributed by atoms with E-state index in [1.54, 1.807) is 0 Å². The molecule has 31 heavy (non-hydrogen) atoms. The number of carbonyl (C=O) groups excluding carboxylic acids is 1. The number of rotatable bonds is 2. The number of amides is 1. The van der Waals surface area contributed by atoms with Gasteiger partial charge in [-0.2, -0.15) is 28.3 Å². The van der Waals surface area contributed by atoms with Crippen molar-refractivity contribution in [3.8, 4) is 5.69 Å². The summed E-state index contributed by atoms with van der Waals surface area (Å²) in [6.07, 6.45) is -3.19.